The fourth-order valence-corrected chi connectivity index (χ4v) is 5.41. The molecule has 14 heteroatoms. The standard InChI is InChI=1S/C38H62N6O8/c1-11-15-26(33(47)43-31(23(4)5)35(49)40-21-25-16-13-12-14-17-25)19-29(45)27(18-22(2)3)41-34(48)28(20-30(39)46)42-36(50)32(24(6)7)44-37(51)52-38(8,9)10/h11-14,16-17,22-24,26-29,31-32,45H,1,15,18-21H2,2-10H3,(H2,39,46)(H,40,49)(H,41,48)(H,42,50)(H,43,47)(H,44,51)/t26-,27+,28+,29+,31+,32+/m1/s1. The molecule has 52 heavy (non-hydrogen) atoms. The number of benzene rings is 1. The van der Waals surface area contributed by atoms with E-state index in [4.69, 9.17) is 10.5 Å². The lowest BCUT2D eigenvalue weighted by atomic mass is 9.89. The number of amides is 6. The number of rotatable bonds is 21. The maximum atomic E-state index is 13.6. The van der Waals surface area contributed by atoms with Crippen molar-refractivity contribution < 1.29 is 38.6 Å². The van der Waals surface area contributed by atoms with Crippen molar-refractivity contribution in [2.24, 2.45) is 29.4 Å². The number of hydrogen-bond acceptors (Lipinski definition) is 8. The number of nitrogens with two attached hydrogens (primary N) is 1. The molecule has 1 rings (SSSR count). The van der Waals surface area contributed by atoms with Crippen LogP contribution in [-0.4, -0.2) is 76.6 Å². The molecule has 0 unspecified atom stereocenters. The maximum Gasteiger partial charge on any atom is 0.408 e. The Balaban J connectivity index is 3.15. The fourth-order valence-electron chi connectivity index (χ4n) is 5.41. The van der Waals surface area contributed by atoms with Gasteiger partial charge in [-0.1, -0.05) is 78.0 Å². The van der Waals surface area contributed by atoms with Crippen LogP contribution in [0.3, 0.4) is 0 Å². The Morgan fingerprint density at radius 2 is 1.38 bits per heavy atom. The molecule has 0 radical (unpaired) electrons. The van der Waals surface area contributed by atoms with Crippen LogP contribution in [0.1, 0.15) is 93.6 Å². The lowest BCUT2D eigenvalue weighted by Gasteiger charge is -2.31. The molecule has 0 spiro atoms. The SMILES string of the molecule is C=CC[C@H](C[C@H](O)[C@H](CC(C)C)NC(=O)[C@H](CC(N)=O)NC(=O)[C@@H](NC(=O)OC(C)(C)C)C(C)C)C(=O)N[C@H](C(=O)NCc1ccccc1)C(C)C. The molecule has 292 valence electrons. The molecule has 0 aliphatic heterocycles. The van der Waals surface area contributed by atoms with E-state index in [0.717, 1.165) is 5.56 Å². The molecule has 1 aromatic carbocycles. The lowest BCUT2D eigenvalue weighted by molar-refractivity contribution is -0.134. The Kier molecular flexibility index (Phi) is 19.1. The van der Waals surface area contributed by atoms with E-state index >= 15 is 0 Å². The van der Waals surface area contributed by atoms with Gasteiger partial charge in [-0.05, 0) is 63.4 Å². The summed E-state index contributed by atoms with van der Waals surface area (Å²) in [6.07, 6.45) is -0.697. The molecule has 6 atom stereocenters. The van der Waals surface area contributed by atoms with Gasteiger partial charge < -0.3 is 42.2 Å². The Morgan fingerprint density at radius 1 is 0.808 bits per heavy atom. The molecule has 0 bridgehead atoms. The number of primary amides is 1. The van der Waals surface area contributed by atoms with Gasteiger partial charge in [-0.2, -0.15) is 0 Å². The predicted octanol–water partition coefficient (Wildman–Crippen LogP) is 2.83. The van der Waals surface area contributed by atoms with E-state index in [1.54, 1.807) is 40.7 Å². The van der Waals surface area contributed by atoms with Crippen LogP contribution in [0.5, 0.6) is 0 Å². The van der Waals surface area contributed by atoms with Crippen molar-refractivity contribution in [3.05, 3.63) is 48.6 Å². The van der Waals surface area contributed by atoms with Crippen LogP contribution in [0, 0.1) is 23.7 Å². The van der Waals surface area contributed by atoms with E-state index < -0.39 is 83.9 Å². The van der Waals surface area contributed by atoms with Crippen molar-refractivity contribution in [1.29, 1.82) is 0 Å². The first-order chi connectivity index (χ1) is 24.1. The fraction of sp³-hybridized carbons (Fsp3) is 0.632. The number of allylic oxidation sites excluding steroid dienone is 1. The van der Waals surface area contributed by atoms with Crippen LogP contribution >= 0.6 is 0 Å². The third-order valence-corrected chi connectivity index (χ3v) is 8.08. The average Bonchev–Trinajstić information content (AvgIpc) is 3.02. The topological polar surface area (TPSA) is 218 Å². The second kappa shape index (κ2) is 21.8. The van der Waals surface area contributed by atoms with Gasteiger partial charge in [0, 0.05) is 12.5 Å². The number of hydrogen-bond donors (Lipinski definition) is 7. The van der Waals surface area contributed by atoms with E-state index in [-0.39, 0.29) is 37.0 Å². The second-order valence-corrected chi connectivity index (χ2v) is 15.3. The number of aliphatic hydroxyl groups excluding tert-OH is 1. The van der Waals surface area contributed by atoms with Crippen molar-refractivity contribution in [2.45, 2.75) is 130 Å². The molecule has 0 aromatic heterocycles. The third-order valence-electron chi connectivity index (χ3n) is 8.08. The number of carbonyl (C=O) groups excluding carboxylic acids is 6. The zero-order chi connectivity index (χ0) is 39.8. The number of carbonyl (C=O) groups is 6. The highest BCUT2D eigenvalue weighted by Gasteiger charge is 2.35. The van der Waals surface area contributed by atoms with Crippen molar-refractivity contribution in [3.63, 3.8) is 0 Å². The summed E-state index contributed by atoms with van der Waals surface area (Å²) in [6.45, 7) is 19.9. The maximum absolute atomic E-state index is 13.6. The van der Waals surface area contributed by atoms with Crippen molar-refractivity contribution in [2.75, 3.05) is 0 Å². The molecular formula is C38H62N6O8. The van der Waals surface area contributed by atoms with Gasteiger partial charge in [0.15, 0.2) is 0 Å². The summed E-state index contributed by atoms with van der Waals surface area (Å²) in [7, 11) is 0. The minimum atomic E-state index is -1.43. The quantitative estimate of drug-likeness (QED) is 0.0931. The van der Waals surface area contributed by atoms with Crippen LogP contribution < -0.4 is 32.3 Å². The smallest absolute Gasteiger partial charge is 0.408 e. The van der Waals surface area contributed by atoms with Crippen LogP contribution in [0.2, 0.25) is 0 Å². The molecule has 1 aromatic rings. The Morgan fingerprint density at radius 3 is 1.88 bits per heavy atom. The zero-order valence-electron chi connectivity index (χ0n) is 32.3. The molecule has 0 heterocycles. The summed E-state index contributed by atoms with van der Waals surface area (Å²) in [6, 6.07) is 5.10. The molecule has 0 saturated heterocycles. The van der Waals surface area contributed by atoms with Crippen molar-refractivity contribution >= 4 is 35.6 Å². The van der Waals surface area contributed by atoms with Crippen LogP contribution in [-0.2, 0) is 35.3 Å². The molecule has 0 aliphatic carbocycles. The molecule has 8 N–H and O–H groups in total. The summed E-state index contributed by atoms with van der Waals surface area (Å²) in [5, 5.41) is 24.9. The van der Waals surface area contributed by atoms with Gasteiger partial charge in [-0.3, -0.25) is 24.0 Å². The highest BCUT2D eigenvalue weighted by Crippen LogP contribution is 2.20. The highest BCUT2D eigenvalue weighted by molar-refractivity contribution is 5.94. The van der Waals surface area contributed by atoms with Crippen LogP contribution in [0.4, 0.5) is 4.79 Å². The zero-order valence-corrected chi connectivity index (χ0v) is 32.3. The minimum Gasteiger partial charge on any atom is -0.444 e. The van der Waals surface area contributed by atoms with Crippen LogP contribution in [0.15, 0.2) is 43.0 Å². The van der Waals surface area contributed by atoms with E-state index in [1.807, 2.05) is 58.0 Å². The van der Waals surface area contributed by atoms with Gasteiger partial charge in [0.25, 0.3) is 0 Å². The predicted molar refractivity (Wildman–Crippen MR) is 199 cm³/mol. The molecule has 14 nitrogen and oxygen atoms in total. The summed E-state index contributed by atoms with van der Waals surface area (Å²) < 4.78 is 5.27. The Hall–Kier alpha value is -4.46. The molecule has 6 amide bonds. The van der Waals surface area contributed by atoms with Crippen LogP contribution in [0.25, 0.3) is 0 Å². The first-order valence-corrected chi connectivity index (χ1v) is 17.9. The summed E-state index contributed by atoms with van der Waals surface area (Å²) >= 11 is 0. The third kappa shape index (κ3) is 17.2. The Bertz CT molecular complexity index is 1340. The largest absolute Gasteiger partial charge is 0.444 e. The van der Waals surface area contributed by atoms with Gasteiger partial charge in [0.1, 0.15) is 23.7 Å². The lowest BCUT2D eigenvalue weighted by Crippen LogP contribution is -2.58. The number of aliphatic hydroxyl groups is 1. The van der Waals surface area contributed by atoms with Gasteiger partial charge in [-0.25, -0.2) is 4.79 Å². The highest BCUT2D eigenvalue weighted by atomic mass is 16.6. The van der Waals surface area contributed by atoms with E-state index in [0.29, 0.717) is 6.54 Å². The first kappa shape index (κ1) is 45.6. The van der Waals surface area contributed by atoms with Crippen molar-refractivity contribution in [1.82, 2.24) is 26.6 Å². The average molecular weight is 731 g/mol. The van der Waals surface area contributed by atoms with Gasteiger partial charge >= 0.3 is 6.09 Å². The van der Waals surface area contributed by atoms with Gasteiger partial charge in [-0.15, -0.1) is 6.58 Å². The summed E-state index contributed by atoms with van der Waals surface area (Å²) in [5.41, 5.74) is 5.53. The second-order valence-electron chi connectivity index (χ2n) is 15.3. The van der Waals surface area contributed by atoms with Gasteiger partial charge in [0.2, 0.25) is 29.5 Å². The molecule has 0 saturated carbocycles. The van der Waals surface area contributed by atoms with Crippen molar-refractivity contribution in [3.8, 4) is 0 Å². The van der Waals surface area contributed by atoms with Gasteiger partial charge in [0.05, 0.1) is 18.6 Å². The molecule has 0 fully saturated rings. The van der Waals surface area contributed by atoms with E-state index in [1.165, 1.54) is 0 Å². The normalized spacial score (nSPS) is 15.0. The Labute approximate surface area is 308 Å². The number of nitrogens with one attached hydrogen (secondary N) is 5. The summed E-state index contributed by atoms with van der Waals surface area (Å²) in [5.74, 6) is -4.66. The summed E-state index contributed by atoms with van der Waals surface area (Å²) in [4.78, 5) is 78.1. The number of alkyl carbamates (subject to hydrolysis) is 1. The monoisotopic (exact) mass is 730 g/mol. The first-order valence-electron chi connectivity index (χ1n) is 17.9. The number of ether oxygens (including phenoxy) is 1. The molecular weight excluding hydrogens is 668 g/mol. The van der Waals surface area contributed by atoms with E-state index in [2.05, 4.69) is 33.2 Å². The molecule has 0 aliphatic rings. The van der Waals surface area contributed by atoms with E-state index in [9.17, 15) is 33.9 Å². The minimum absolute atomic E-state index is 0.0159.